The van der Waals surface area contributed by atoms with Gasteiger partial charge in [-0.3, -0.25) is 4.98 Å². The van der Waals surface area contributed by atoms with Crippen LogP contribution in [-0.4, -0.2) is 59.1 Å². The Balaban J connectivity index is 1.41. The quantitative estimate of drug-likeness (QED) is 0.791. The minimum absolute atomic E-state index is 0.0891. The highest BCUT2D eigenvalue weighted by Gasteiger charge is 2.52. The van der Waals surface area contributed by atoms with Crippen molar-refractivity contribution in [3.05, 3.63) is 42.5 Å². The molecule has 26 heavy (non-hydrogen) atoms. The van der Waals surface area contributed by atoms with Crippen molar-refractivity contribution >= 4 is 10.0 Å². The van der Waals surface area contributed by atoms with Crippen molar-refractivity contribution in [2.45, 2.75) is 36.4 Å². The van der Waals surface area contributed by atoms with Crippen molar-refractivity contribution < 1.29 is 17.9 Å². The van der Waals surface area contributed by atoms with E-state index in [2.05, 4.69) is 15.0 Å². The van der Waals surface area contributed by atoms with Gasteiger partial charge in [0, 0.05) is 50.2 Å². The second-order valence-corrected chi connectivity index (χ2v) is 8.64. The van der Waals surface area contributed by atoms with Crippen LogP contribution < -0.4 is 4.74 Å². The SMILES string of the molecule is Cc1ccnc(O[C@@H]2CCOC3(C2)CN(S(=O)(=O)c2cccnc2)C3)n1. The second-order valence-electron chi connectivity index (χ2n) is 6.71. The number of ether oxygens (including phenoxy) is 2. The molecule has 0 radical (unpaired) electrons. The normalized spacial score (nSPS) is 22.7. The summed E-state index contributed by atoms with van der Waals surface area (Å²) in [5.41, 5.74) is 0.344. The van der Waals surface area contributed by atoms with Gasteiger partial charge in [-0.15, -0.1) is 0 Å². The van der Waals surface area contributed by atoms with Crippen molar-refractivity contribution in [2.24, 2.45) is 0 Å². The molecule has 0 aliphatic carbocycles. The maximum Gasteiger partial charge on any atom is 0.316 e. The average molecular weight is 376 g/mol. The Kier molecular flexibility index (Phi) is 4.37. The summed E-state index contributed by atoms with van der Waals surface area (Å²) in [5.74, 6) is 0. The summed E-state index contributed by atoms with van der Waals surface area (Å²) in [6.45, 7) is 3.04. The Morgan fingerprint density at radius 2 is 2.15 bits per heavy atom. The lowest BCUT2D eigenvalue weighted by Crippen LogP contribution is -2.67. The Hall–Kier alpha value is -2.10. The summed E-state index contributed by atoms with van der Waals surface area (Å²) in [7, 11) is -3.53. The average Bonchev–Trinajstić information content (AvgIpc) is 2.60. The predicted octanol–water partition coefficient (Wildman–Crippen LogP) is 1.18. The molecule has 2 aliphatic rings. The highest BCUT2D eigenvalue weighted by molar-refractivity contribution is 7.89. The first-order valence-electron chi connectivity index (χ1n) is 8.47. The standard InChI is InChI=1S/C17H20N4O4S/c1-13-4-7-19-16(20-13)25-14-5-8-24-17(9-14)11-21(12-17)26(22,23)15-3-2-6-18-10-15/h2-4,6-7,10,14H,5,8-9,11-12H2,1H3/t14-/m1/s1. The largest absolute Gasteiger partial charge is 0.460 e. The van der Waals surface area contributed by atoms with Gasteiger partial charge in [0.25, 0.3) is 0 Å². The summed E-state index contributed by atoms with van der Waals surface area (Å²) < 4.78 is 38.5. The molecule has 2 aromatic heterocycles. The summed E-state index contributed by atoms with van der Waals surface area (Å²) in [6.07, 6.45) is 5.84. The van der Waals surface area contributed by atoms with Crippen LogP contribution in [0.5, 0.6) is 6.01 Å². The van der Waals surface area contributed by atoms with Crippen LogP contribution in [-0.2, 0) is 14.8 Å². The molecule has 1 atom stereocenters. The minimum Gasteiger partial charge on any atom is -0.460 e. The van der Waals surface area contributed by atoms with Gasteiger partial charge in [0.05, 0.1) is 12.2 Å². The second kappa shape index (κ2) is 6.57. The van der Waals surface area contributed by atoms with Crippen molar-refractivity contribution in [2.75, 3.05) is 19.7 Å². The van der Waals surface area contributed by atoms with Gasteiger partial charge < -0.3 is 9.47 Å². The van der Waals surface area contributed by atoms with Crippen LogP contribution in [0.25, 0.3) is 0 Å². The molecular formula is C17H20N4O4S. The van der Waals surface area contributed by atoms with Gasteiger partial charge in [0.2, 0.25) is 10.0 Å². The third kappa shape index (κ3) is 3.29. The molecule has 9 heteroatoms. The lowest BCUT2D eigenvalue weighted by atomic mass is 9.86. The zero-order chi connectivity index (χ0) is 18.2. The monoisotopic (exact) mass is 376 g/mol. The van der Waals surface area contributed by atoms with Crippen LogP contribution in [0.2, 0.25) is 0 Å². The van der Waals surface area contributed by atoms with Gasteiger partial charge in [0.15, 0.2) is 0 Å². The zero-order valence-electron chi connectivity index (χ0n) is 14.4. The van der Waals surface area contributed by atoms with Gasteiger partial charge in [-0.2, -0.15) is 4.31 Å². The van der Waals surface area contributed by atoms with E-state index in [-0.39, 0.29) is 11.0 Å². The number of rotatable bonds is 4. The molecule has 8 nitrogen and oxygen atoms in total. The van der Waals surface area contributed by atoms with Gasteiger partial charge in [-0.25, -0.2) is 18.4 Å². The molecule has 2 fully saturated rings. The summed E-state index contributed by atoms with van der Waals surface area (Å²) in [5, 5.41) is 0. The Morgan fingerprint density at radius 3 is 2.88 bits per heavy atom. The fraction of sp³-hybridized carbons (Fsp3) is 0.471. The van der Waals surface area contributed by atoms with E-state index >= 15 is 0 Å². The molecule has 0 aromatic carbocycles. The molecule has 0 saturated carbocycles. The molecule has 2 aromatic rings. The molecule has 4 rings (SSSR count). The summed E-state index contributed by atoms with van der Waals surface area (Å²) in [6, 6.07) is 5.33. The van der Waals surface area contributed by atoms with Gasteiger partial charge in [-0.05, 0) is 25.1 Å². The molecule has 0 bridgehead atoms. The number of aryl methyl sites for hydroxylation is 1. The molecule has 138 valence electrons. The van der Waals surface area contributed by atoms with Crippen LogP contribution in [0.4, 0.5) is 0 Å². The lowest BCUT2D eigenvalue weighted by molar-refractivity contribution is -0.165. The van der Waals surface area contributed by atoms with E-state index < -0.39 is 15.6 Å². The number of aromatic nitrogens is 3. The van der Waals surface area contributed by atoms with E-state index in [1.807, 2.05) is 13.0 Å². The van der Waals surface area contributed by atoms with E-state index in [0.717, 1.165) is 12.1 Å². The fourth-order valence-corrected chi connectivity index (χ4v) is 4.90. The molecule has 2 saturated heterocycles. The topological polar surface area (TPSA) is 94.5 Å². The van der Waals surface area contributed by atoms with Crippen LogP contribution >= 0.6 is 0 Å². The van der Waals surface area contributed by atoms with E-state index in [4.69, 9.17) is 9.47 Å². The number of hydrogen-bond acceptors (Lipinski definition) is 7. The maximum absolute atomic E-state index is 12.6. The number of sulfonamides is 1. The van der Waals surface area contributed by atoms with Gasteiger partial charge in [0.1, 0.15) is 11.0 Å². The van der Waals surface area contributed by atoms with Gasteiger partial charge >= 0.3 is 6.01 Å². The van der Waals surface area contributed by atoms with Crippen molar-refractivity contribution in [1.82, 2.24) is 19.3 Å². The maximum atomic E-state index is 12.6. The third-order valence-electron chi connectivity index (χ3n) is 4.69. The van der Waals surface area contributed by atoms with E-state index in [0.29, 0.717) is 32.1 Å². The van der Waals surface area contributed by atoms with Crippen molar-refractivity contribution in [3.8, 4) is 6.01 Å². The Morgan fingerprint density at radius 1 is 1.31 bits per heavy atom. The van der Waals surface area contributed by atoms with E-state index in [1.165, 1.54) is 10.5 Å². The molecule has 1 spiro atoms. The van der Waals surface area contributed by atoms with Crippen LogP contribution in [0.3, 0.4) is 0 Å². The van der Waals surface area contributed by atoms with Gasteiger partial charge in [-0.1, -0.05) is 0 Å². The first-order chi connectivity index (χ1) is 12.5. The smallest absolute Gasteiger partial charge is 0.316 e. The fourth-order valence-electron chi connectivity index (χ4n) is 3.35. The third-order valence-corrected chi connectivity index (χ3v) is 6.47. The number of nitrogens with zero attached hydrogens (tertiary/aromatic N) is 4. The molecule has 0 N–H and O–H groups in total. The first kappa shape index (κ1) is 17.3. The van der Waals surface area contributed by atoms with Crippen LogP contribution in [0.15, 0.2) is 41.7 Å². The number of hydrogen-bond donors (Lipinski definition) is 0. The molecule has 0 amide bonds. The zero-order valence-corrected chi connectivity index (χ0v) is 15.2. The Labute approximate surface area is 152 Å². The van der Waals surface area contributed by atoms with E-state index in [9.17, 15) is 8.42 Å². The van der Waals surface area contributed by atoms with Crippen molar-refractivity contribution in [1.29, 1.82) is 0 Å². The molecular weight excluding hydrogens is 356 g/mol. The lowest BCUT2D eigenvalue weighted by Gasteiger charge is -2.51. The van der Waals surface area contributed by atoms with Crippen LogP contribution in [0, 0.1) is 6.92 Å². The first-order valence-corrected chi connectivity index (χ1v) is 9.91. The minimum atomic E-state index is -3.53. The summed E-state index contributed by atoms with van der Waals surface area (Å²) >= 11 is 0. The predicted molar refractivity (Wildman–Crippen MR) is 92.1 cm³/mol. The molecule has 4 heterocycles. The molecule has 2 aliphatic heterocycles. The Bertz CT molecular complexity index is 885. The van der Waals surface area contributed by atoms with E-state index in [1.54, 1.807) is 24.5 Å². The van der Waals surface area contributed by atoms with Crippen LogP contribution in [0.1, 0.15) is 18.5 Å². The van der Waals surface area contributed by atoms with Crippen molar-refractivity contribution in [3.63, 3.8) is 0 Å². The highest BCUT2D eigenvalue weighted by atomic mass is 32.2. The summed E-state index contributed by atoms with van der Waals surface area (Å²) in [4.78, 5) is 12.5. The number of pyridine rings is 1. The molecule has 0 unspecified atom stereocenters. The highest BCUT2D eigenvalue weighted by Crippen LogP contribution is 2.38.